The molecule has 0 aromatic rings. The van der Waals surface area contributed by atoms with Gasteiger partial charge in [-0.2, -0.15) is 0 Å². The summed E-state index contributed by atoms with van der Waals surface area (Å²) >= 11 is 0. The molecule has 7 heteroatoms. The average molecular weight is 340 g/mol. The van der Waals surface area contributed by atoms with Crippen molar-refractivity contribution in [3.63, 3.8) is 0 Å². The highest BCUT2D eigenvalue weighted by atomic mass is 16.5. The van der Waals surface area contributed by atoms with Crippen LogP contribution in [0.2, 0.25) is 0 Å². The van der Waals surface area contributed by atoms with Gasteiger partial charge >= 0.3 is 11.9 Å². The molecule has 4 N–H and O–H groups in total. The topological polar surface area (TPSA) is 119 Å². The van der Waals surface area contributed by atoms with Crippen LogP contribution in [0.5, 0.6) is 0 Å². The van der Waals surface area contributed by atoms with Gasteiger partial charge in [-0.1, -0.05) is 20.8 Å². The lowest BCUT2D eigenvalue weighted by Crippen LogP contribution is -2.51. The molecule has 2 aliphatic rings. The second-order valence-corrected chi connectivity index (χ2v) is 8.17. The van der Waals surface area contributed by atoms with Crippen LogP contribution >= 0.6 is 0 Å². The monoisotopic (exact) mass is 340 g/mol. The van der Waals surface area contributed by atoms with Crippen molar-refractivity contribution in [1.82, 2.24) is 5.32 Å². The molecule has 0 heterocycles. The minimum atomic E-state index is -1.19. The van der Waals surface area contributed by atoms with Crippen LogP contribution in [0.15, 0.2) is 0 Å². The number of rotatable bonds is 6. The summed E-state index contributed by atoms with van der Waals surface area (Å²) in [4.78, 5) is 34.8. The van der Waals surface area contributed by atoms with E-state index in [1.807, 2.05) is 0 Å². The number of hydrogen-bond acceptors (Lipinski definition) is 5. The molecule has 0 aliphatic heterocycles. The Morgan fingerprint density at radius 3 is 2.46 bits per heavy atom. The lowest BCUT2D eigenvalue weighted by molar-refractivity contribution is -0.167. The molecule has 5 atom stereocenters. The van der Waals surface area contributed by atoms with Gasteiger partial charge in [0.1, 0.15) is 12.1 Å². The Bertz CT molecular complexity index is 542. The molecule has 2 bridgehead atoms. The van der Waals surface area contributed by atoms with E-state index in [0.717, 1.165) is 19.3 Å². The molecule has 2 fully saturated rings. The zero-order chi connectivity index (χ0) is 18.3. The SMILES string of the molecule is C[C@@H](NC(=O)[C@@H](N)CC(=O)O)C(=O)O[C@@H]1C(C)(C)[C@@H]2CC[C@@]1(C)C2. The molecule has 2 saturated carbocycles. The highest BCUT2D eigenvalue weighted by Crippen LogP contribution is 2.63. The number of carbonyl (C=O) groups excluding carboxylic acids is 2. The molecular weight excluding hydrogens is 312 g/mol. The molecule has 0 saturated heterocycles. The third kappa shape index (κ3) is 3.41. The van der Waals surface area contributed by atoms with Gasteiger partial charge in [-0.25, -0.2) is 4.79 Å². The summed E-state index contributed by atoms with van der Waals surface area (Å²) in [5.74, 6) is -1.78. The predicted octanol–water partition coefficient (Wildman–Crippen LogP) is 1.05. The van der Waals surface area contributed by atoms with Crippen LogP contribution in [0.4, 0.5) is 0 Å². The van der Waals surface area contributed by atoms with Crippen LogP contribution in [0.3, 0.4) is 0 Å². The highest BCUT2D eigenvalue weighted by molar-refractivity contribution is 5.89. The number of hydrogen-bond donors (Lipinski definition) is 3. The Labute approximate surface area is 142 Å². The standard InChI is InChI=1S/C17H28N2O5/c1-9(19-13(22)11(18)7-12(20)21)14(23)24-15-16(2,3)10-5-6-17(15,4)8-10/h9-11,15H,5-8,18H2,1-4H3,(H,19,22)(H,20,21)/t9-,10-,11+,15-,17+/m1/s1. The van der Waals surface area contributed by atoms with Crippen LogP contribution in [-0.4, -0.2) is 41.1 Å². The zero-order valence-corrected chi connectivity index (χ0v) is 14.8. The van der Waals surface area contributed by atoms with Crippen LogP contribution in [0, 0.1) is 16.7 Å². The first-order valence-electron chi connectivity index (χ1n) is 8.45. The summed E-state index contributed by atoms with van der Waals surface area (Å²) in [6.07, 6.45) is 2.60. The molecule has 0 radical (unpaired) electrons. The van der Waals surface area contributed by atoms with Crippen LogP contribution in [0.25, 0.3) is 0 Å². The smallest absolute Gasteiger partial charge is 0.328 e. The first kappa shape index (κ1) is 18.7. The van der Waals surface area contributed by atoms with Gasteiger partial charge in [0, 0.05) is 10.8 Å². The molecule has 2 aliphatic carbocycles. The van der Waals surface area contributed by atoms with Crippen molar-refractivity contribution in [2.45, 2.75) is 71.6 Å². The number of esters is 1. The average Bonchev–Trinajstić information content (AvgIpc) is 2.93. The minimum Gasteiger partial charge on any atom is -0.481 e. The molecule has 2 rings (SSSR count). The summed E-state index contributed by atoms with van der Waals surface area (Å²) < 4.78 is 5.78. The van der Waals surface area contributed by atoms with E-state index < -0.39 is 36.4 Å². The summed E-state index contributed by atoms with van der Waals surface area (Å²) in [5.41, 5.74) is 5.41. The van der Waals surface area contributed by atoms with Gasteiger partial charge in [0.25, 0.3) is 0 Å². The molecule has 0 aromatic carbocycles. The van der Waals surface area contributed by atoms with Gasteiger partial charge in [0.2, 0.25) is 5.91 Å². The summed E-state index contributed by atoms with van der Waals surface area (Å²) in [5, 5.41) is 11.1. The van der Waals surface area contributed by atoms with Gasteiger partial charge in [-0.3, -0.25) is 9.59 Å². The van der Waals surface area contributed by atoms with E-state index in [9.17, 15) is 14.4 Å². The zero-order valence-electron chi connectivity index (χ0n) is 14.8. The number of amides is 1. The molecule has 136 valence electrons. The number of fused-ring (bicyclic) bond motifs is 2. The van der Waals surface area contributed by atoms with Gasteiger partial charge in [0.05, 0.1) is 12.5 Å². The van der Waals surface area contributed by atoms with Crippen LogP contribution in [0.1, 0.15) is 53.4 Å². The fraction of sp³-hybridized carbons (Fsp3) is 0.824. The molecular formula is C17H28N2O5. The number of nitrogens with two attached hydrogens (primary N) is 1. The Balaban J connectivity index is 1.95. The Morgan fingerprint density at radius 1 is 1.33 bits per heavy atom. The number of nitrogens with one attached hydrogen (secondary N) is 1. The molecule has 0 spiro atoms. The maximum atomic E-state index is 12.4. The molecule has 7 nitrogen and oxygen atoms in total. The Hall–Kier alpha value is -1.63. The van der Waals surface area contributed by atoms with Gasteiger partial charge in [-0.15, -0.1) is 0 Å². The second kappa shape index (κ2) is 6.35. The number of aliphatic carboxylic acids is 1. The minimum absolute atomic E-state index is 0.00668. The van der Waals surface area contributed by atoms with Crippen molar-refractivity contribution in [2.75, 3.05) is 0 Å². The van der Waals surface area contributed by atoms with Gasteiger partial charge in [0.15, 0.2) is 0 Å². The highest BCUT2D eigenvalue weighted by Gasteiger charge is 2.61. The summed E-state index contributed by atoms with van der Waals surface area (Å²) in [6, 6.07) is -2.05. The molecule has 24 heavy (non-hydrogen) atoms. The molecule has 0 unspecified atom stereocenters. The van der Waals surface area contributed by atoms with Crippen molar-refractivity contribution < 1.29 is 24.2 Å². The number of carbonyl (C=O) groups is 3. The lowest BCUT2D eigenvalue weighted by atomic mass is 9.70. The van der Waals surface area contributed by atoms with E-state index in [2.05, 4.69) is 26.1 Å². The third-order valence-electron chi connectivity index (χ3n) is 5.82. The lowest BCUT2D eigenvalue weighted by Gasteiger charge is -2.42. The van der Waals surface area contributed by atoms with Crippen LogP contribution < -0.4 is 11.1 Å². The summed E-state index contributed by atoms with van der Waals surface area (Å²) in [6.45, 7) is 7.94. The number of carboxylic acid groups (broad SMARTS) is 1. The van der Waals surface area contributed by atoms with E-state index in [0.29, 0.717) is 5.92 Å². The predicted molar refractivity (Wildman–Crippen MR) is 86.9 cm³/mol. The van der Waals surface area contributed by atoms with E-state index in [1.165, 1.54) is 6.92 Å². The first-order chi connectivity index (χ1) is 11.0. The van der Waals surface area contributed by atoms with Crippen LogP contribution in [-0.2, 0) is 19.1 Å². The van der Waals surface area contributed by atoms with Gasteiger partial charge < -0.3 is 20.9 Å². The molecule has 1 amide bonds. The van der Waals surface area contributed by atoms with E-state index in [4.69, 9.17) is 15.6 Å². The van der Waals surface area contributed by atoms with Crippen molar-refractivity contribution in [1.29, 1.82) is 0 Å². The Morgan fingerprint density at radius 2 is 1.96 bits per heavy atom. The van der Waals surface area contributed by atoms with E-state index in [-0.39, 0.29) is 16.9 Å². The third-order valence-corrected chi connectivity index (χ3v) is 5.82. The van der Waals surface area contributed by atoms with Crippen molar-refractivity contribution >= 4 is 17.8 Å². The summed E-state index contributed by atoms with van der Waals surface area (Å²) in [7, 11) is 0. The fourth-order valence-corrected chi connectivity index (χ4v) is 4.43. The second-order valence-electron chi connectivity index (χ2n) is 8.17. The fourth-order valence-electron chi connectivity index (χ4n) is 4.43. The van der Waals surface area contributed by atoms with E-state index in [1.54, 1.807) is 0 Å². The van der Waals surface area contributed by atoms with Crippen molar-refractivity contribution in [2.24, 2.45) is 22.5 Å². The Kier molecular flexibility index (Phi) is 4.95. The maximum absolute atomic E-state index is 12.4. The quantitative estimate of drug-likeness (QED) is 0.622. The van der Waals surface area contributed by atoms with E-state index >= 15 is 0 Å². The first-order valence-corrected chi connectivity index (χ1v) is 8.45. The maximum Gasteiger partial charge on any atom is 0.328 e. The van der Waals surface area contributed by atoms with Gasteiger partial charge in [-0.05, 0) is 32.1 Å². The number of carboxylic acids is 1. The normalized spacial score (nSPS) is 32.9. The number of ether oxygens (including phenoxy) is 1. The van der Waals surface area contributed by atoms with Crippen molar-refractivity contribution in [3.8, 4) is 0 Å². The largest absolute Gasteiger partial charge is 0.481 e. The van der Waals surface area contributed by atoms with Crippen molar-refractivity contribution in [3.05, 3.63) is 0 Å². The molecule has 0 aromatic heterocycles.